The average Bonchev–Trinajstić information content (AvgIpc) is 2.41. The normalized spacial score (nSPS) is 10.8. The molecule has 0 heterocycles. The fourth-order valence-corrected chi connectivity index (χ4v) is 1.79. The number of benzene rings is 2. The minimum Gasteiger partial charge on any atom is -0.454 e. The van der Waals surface area contributed by atoms with Gasteiger partial charge in [0.2, 0.25) is 0 Å². The number of nitrogens with one attached hydrogen (secondary N) is 1. The van der Waals surface area contributed by atoms with E-state index in [1.165, 1.54) is 6.07 Å². The van der Waals surface area contributed by atoms with Gasteiger partial charge in [0.05, 0.1) is 0 Å². The van der Waals surface area contributed by atoms with Gasteiger partial charge in [0, 0.05) is 12.6 Å². The summed E-state index contributed by atoms with van der Waals surface area (Å²) in [6.07, 6.45) is 0. The van der Waals surface area contributed by atoms with Gasteiger partial charge in [-0.25, -0.2) is 4.39 Å². The summed E-state index contributed by atoms with van der Waals surface area (Å²) < 4.78 is 19.5. The maximum absolute atomic E-state index is 14.0. The summed E-state index contributed by atoms with van der Waals surface area (Å²) in [7, 11) is 0. The summed E-state index contributed by atoms with van der Waals surface area (Å²) in [5.41, 5.74) is 2.06. The van der Waals surface area contributed by atoms with Crippen molar-refractivity contribution in [2.24, 2.45) is 0 Å². The summed E-state index contributed by atoms with van der Waals surface area (Å²) in [6, 6.07) is 13.0. The zero-order valence-electron chi connectivity index (χ0n) is 12.1. The first-order chi connectivity index (χ1) is 9.54. The third-order valence-electron chi connectivity index (χ3n) is 2.96. The van der Waals surface area contributed by atoms with Crippen molar-refractivity contribution >= 4 is 0 Å². The molecule has 0 saturated carbocycles. The van der Waals surface area contributed by atoms with Crippen LogP contribution in [-0.2, 0) is 6.54 Å². The van der Waals surface area contributed by atoms with Gasteiger partial charge in [-0.2, -0.15) is 0 Å². The van der Waals surface area contributed by atoms with Crippen molar-refractivity contribution in [3.8, 4) is 11.5 Å². The summed E-state index contributed by atoms with van der Waals surface area (Å²) in [6.45, 7) is 6.77. The lowest BCUT2D eigenvalue weighted by Crippen LogP contribution is -2.21. The molecule has 1 N–H and O–H groups in total. The van der Waals surface area contributed by atoms with Crippen LogP contribution in [0.2, 0.25) is 0 Å². The molecule has 0 amide bonds. The van der Waals surface area contributed by atoms with Crippen LogP contribution in [0.15, 0.2) is 42.5 Å². The Bertz CT molecular complexity index is 564. The molecule has 0 spiro atoms. The smallest absolute Gasteiger partial charge is 0.166 e. The van der Waals surface area contributed by atoms with Crippen LogP contribution in [0.4, 0.5) is 4.39 Å². The highest BCUT2D eigenvalue weighted by molar-refractivity contribution is 5.35. The number of hydrogen-bond acceptors (Lipinski definition) is 2. The molecule has 3 heteroatoms. The molecule has 20 heavy (non-hydrogen) atoms. The highest BCUT2D eigenvalue weighted by Gasteiger charge is 2.06. The highest BCUT2D eigenvalue weighted by atomic mass is 19.1. The Labute approximate surface area is 119 Å². The third kappa shape index (κ3) is 4.07. The van der Waals surface area contributed by atoms with Crippen LogP contribution in [0.25, 0.3) is 0 Å². The molecule has 2 aromatic carbocycles. The van der Waals surface area contributed by atoms with Gasteiger partial charge in [-0.3, -0.25) is 0 Å². The van der Waals surface area contributed by atoms with Gasteiger partial charge in [-0.15, -0.1) is 0 Å². The highest BCUT2D eigenvalue weighted by Crippen LogP contribution is 2.25. The molecular weight excluding hydrogens is 253 g/mol. The van der Waals surface area contributed by atoms with E-state index in [4.69, 9.17) is 4.74 Å². The van der Waals surface area contributed by atoms with Gasteiger partial charge >= 0.3 is 0 Å². The van der Waals surface area contributed by atoms with E-state index < -0.39 is 0 Å². The summed E-state index contributed by atoms with van der Waals surface area (Å²) in [4.78, 5) is 0. The van der Waals surface area contributed by atoms with Gasteiger partial charge in [-0.1, -0.05) is 37.6 Å². The molecular formula is C17H20FNO. The first-order valence-corrected chi connectivity index (χ1v) is 6.81. The van der Waals surface area contributed by atoms with Crippen molar-refractivity contribution in [2.75, 3.05) is 0 Å². The van der Waals surface area contributed by atoms with Crippen LogP contribution in [0.1, 0.15) is 25.0 Å². The fourth-order valence-electron chi connectivity index (χ4n) is 1.79. The second-order valence-corrected chi connectivity index (χ2v) is 5.22. The molecule has 106 valence electrons. The molecule has 2 nitrogen and oxygen atoms in total. The van der Waals surface area contributed by atoms with Gasteiger partial charge in [0.25, 0.3) is 0 Å². The van der Waals surface area contributed by atoms with Crippen LogP contribution in [-0.4, -0.2) is 6.04 Å². The molecule has 0 radical (unpaired) electrons. The van der Waals surface area contributed by atoms with E-state index in [1.54, 1.807) is 6.07 Å². The van der Waals surface area contributed by atoms with Gasteiger partial charge in [-0.05, 0) is 36.8 Å². The Morgan fingerprint density at radius 2 is 1.80 bits per heavy atom. The predicted octanol–water partition coefficient (Wildman–Crippen LogP) is 4.42. The fraction of sp³-hybridized carbons (Fsp3) is 0.294. The number of hydrogen-bond donors (Lipinski definition) is 1. The van der Waals surface area contributed by atoms with E-state index in [0.717, 1.165) is 11.1 Å². The number of rotatable bonds is 5. The first kappa shape index (κ1) is 14.5. The van der Waals surface area contributed by atoms with Crippen LogP contribution < -0.4 is 10.1 Å². The Kier molecular flexibility index (Phi) is 4.74. The molecule has 0 aliphatic rings. The number of halogens is 1. The molecule has 0 fully saturated rings. The standard InChI is InChI=1S/C17H20FNO/c1-12(2)19-11-14-6-9-17(16(18)10-14)20-15-7-4-13(3)5-8-15/h4-10,12,19H,11H2,1-3H3. The SMILES string of the molecule is Cc1ccc(Oc2ccc(CNC(C)C)cc2F)cc1. The van der Waals surface area contributed by atoms with Gasteiger partial charge in [0.1, 0.15) is 5.75 Å². The Hall–Kier alpha value is -1.87. The van der Waals surface area contributed by atoms with Crippen molar-refractivity contribution in [3.05, 3.63) is 59.4 Å². The van der Waals surface area contributed by atoms with E-state index in [1.807, 2.05) is 37.3 Å². The van der Waals surface area contributed by atoms with Crippen molar-refractivity contribution in [1.29, 1.82) is 0 Å². The van der Waals surface area contributed by atoms with E-state index >= 15 is 0 Å². The first-order valence-electron chi connectivity index (χ1n) is 6.81. The van der Waals surface area contributed by atoms with Gasteiger partial charge in [0.15, 0.2) is 11.6 Å². The molecule has 2 rings (SSSR count). The molecule has 0 bridgehead atoms. The quantitative estimate of drug-likeness (QED) is 0.870. The van der Waals surface area contributed by atoms with Crippen molar-refractivity contribution in [2.45, 2.75) is 33.4 Å². The maximum atomic E-state index is 14.0. The zero-order valence-corrected chi connectivity index (χ0v) is 12.1. The number of aryl methyl sites for hydroxylation is 1. The summed E-state index contributed by atoms with van der Waals surface area (Å²) in [5, 5.41) is 3.26. The second-order valence-electron chi connectivity index (χ2n) is 5.22. The monoisotopic (exact) mass is 273 g/mol. The molecule has 0 aromatic heterocycles. The van der Waals surface area contributed by atoms with Crippen LogP contribution in [0.3, 0.4) is 0 Å². The predicted molar refractivity (Wildman–Crippen MR) is 79.6 cm³/mol. The van der Waals surface area contributed by atoms with Gasteiger partial charge < -0.3 is 10.1 Å². The summed E-state index contributed by atoms with van der Waals surface area (Å²) >= 11 is 0. The Morgan fingerprint density at radius 1 is 1.10 bits per heavy atom. The second kappa shape index (κ2) is 6.53. The third-order valence-corrected chi connectivity index (χ3v) is 2.96. The largest absolute Gasteiger partial charge is 0.454 e. The molecule has 0 unspecified atom stereocenters. The average molecular weight is 273 g/mol. The Morgan fingerprint density at radius 3 is 2.40 bits per heavy atom. The number of ether oxygens (including phenoxy) is 1. The minimum atomic E-state index is -0.339. The molecule has 2 aromatic rings. The summed E-state index contributed by atoms with van der Waals surface area (Å²) in [5.74, 6) is 0.554. The van der Waals surface area contributed by atoms with Crippen molar-refractivity contribution in [3.63, 3.8) is 0 Å². The minimum absolute atomic E-state index is 0.252. The topological polar surface area (TPSA) is 21.3 Å². The van der Waals surface area contributed by atoms with Crippen LogP contribution >= 0.6 is 0 Å². The van der Waals surface area contributed by atoms with Crippen LogP contribution in [0.5, 0.6) is 11.5 Å². The Balaban J connectivity index is 2.07. The maximum Gasteiger partial charge on any atom is 0.166 e. The lowest BCUT2D eigenvalue weighted by atomic mass is 10.2. The molecule has 0 aliphatic carbocycles. The van der Waals surface area contributed by atoms with Crippen molar-refractivity contribution < 1.29 is 9.13 Å². The lowest BCUT2D eigenvalue weighted by molar-refractivity contribution is 0.441. The van der Waals surface area contributed by atoms with E-state index in [0.29, 0.717) is 18.3 Å². The van der Waals surface area contributed by atoms with E-state index in [2.05, 4.69) is 19.2 Å². The van der Waals surface area contributed by atoms with E-state index in [-0.39, 0.29) is 11.6 Å². The molecule has 0 aliphatic heterocycles. The molecule has 0 atom stereocenters. The van der Waals surface area contributed by atoms with E-state index in [9.17, 15) is 4.39 Å². The van der Waals surface area contributed by atoms with Crippen molar-refractivity contribution in [1.82, 2.24) is 5.32 Å². The lowest BCUT2D eigenvalue weighted by Gasteiger charge is -2.10. The molecule has 0 saturated heterocycles. The van der Waals surface area contributed by atoms with Crippen LogP contribution in [0, 0.1) is 12.7 Å². The zero-order chi connectivity index (χ0) is 14.5.